The van der Waals surface area contributed by atoms with E-state index in [4.69, 9.17) is 47.4 Å². The monoisotopic (exact) mass is 1000 g/mol. The molecule has 2 aliphatic heterocycles. The zero-order chi connectivity index (χ0) is 51.1. The fraction of sp³-hybridized carbons (Fsp3) is 0.206. The minimum absolute atomic E-state index is 0.0278. The quantitative estimate of drug-likeness (QED) is 0.0324. The topological polar surface area (TPSA) is 133 Å². The molecule has 0 amide bonds. The lowest BCUT2D eigenvalue weighted by molar-refractivity contribution is -0.147. The Bertz CT molecular complexity index is 3310. The van der Waals surface area contributed by atoms with E-state index in [1.807, 2.05) is 97.1 Å². The van der Waals surface area contributed by atoms with Crippen LogP contribution in [0, 0.1) is 0 Å². The highest BCUT2D eigenvalue weighted by Gasteiger charge is 2.46. The summed E-state index contributed by atoms with van der Waals surface area (Å²) in [5.74, 6) is 2.78. The molecule has 0 aromatic heterocycles. The fourth-order valence-electron chi connectivity index (χ4n) is 9.63. The SMILES string of the molecule is C=CC(=O)OC(COc1ccc(C2(c3ccc(OCC(COc4cccc5cc(OCC6CO6)ccc45)OC(=O)C=C)cc3)c3ccccc3-c3ccccc32)cc1)COc1ccc2c(OCC3CO3)cccc2c1. The number of carbonyl (C=O) groups excluding carboxylic acids is 2. The Labute approximate surface area is 434 Å². The van der Waals surface area contributed by atoms with Crippen LogP contribution < -0.4 is 28.4 Å². The third-order valence-corrected chi connectivity index (χ3v) is 13.4. The van der Waals surface area contributed by atoms with Crippen LogP contribution in [0.1, 0.15) is 22.3 Å². The van der Waals surface area contributed by atoms with E-state index in [2.05, 4.69) is 86.0 Å². The van der Waals surface area contributed by atoms with E-state index < -0.39 is 29.6 Å². The van der Waals surface area contributed by atoms with Gasteiger partial charge in [0, 0.05) is 22.9 Å². The number of ether oxygens (including phenoxy) is 10. The highest BCUT2D eigenvalue weighted by atomic mass is 16.6. The summed E-state index contributed by atoms with van der Waals surface area (Å²) in [4.78, 5) is 25.0. The molecule has 0 bridgehead atoms. The molecule has 12 nitrogen and oxygen atoms in total. The number of epoxide rings is 2. The largest absolute Gasteiger partial charge is 0.491 e. The zero-order valence-electron chi connectivity index (χ0n) is 41.1. The molecule has 0 spiro atoms. The van der Waals surface area contributed by atoms with Crippen molar-refractivity contribution in [2.45, 2.75) is 29.8 Å². The van der Waals surface area contributed by atoms with Crippen molar-refractivity contribution in [3.05, 3.63) is 217 Å². The van der Waals surface area contributed by atoms with Crippen molar-refractivity contribution in [1.29, 1.82) is 0 Å². The Morgan fingerprint density at radius 2 is 0.893 bits per heavy atom. The molecule has 3 aliphatic rings. The number of hydrogen-bond acceptors (Lipinski definition) is 12. The van der Waals surface area contributed by atoms with Crippen LogP contribution in [-0.2, 0) is 34.0 Å². The van der Waals surface area contributed by atoms with E-state index in [1.54, 1.807) is 0 Å². The fourth-order valence-corrected chi connectivity index (χ4v) is 9.63. The van der Waals surface area contributed by atoms with Gasteiger partial charge in [0.25, 0.3) is 0 Å². The van der Waals surface area contributed by atoms with Gasteiger partial charge in [0.2, 0.25) is 0 Å². The van der Waals surface area contributed by atoms with Gasteiger partial charge in [-0.3, -0.25) is 0 Å². The second-order valence-electron chi connectivity index (χ2n) is 18.5. The van der Waals surface area contributed by atoms with Gasteiger partial charge in [-0.15, -0.1) is 0 Å². The second-order valence-corrected chi connectivity index (χ2v) is 18.5. The van der Waals surface area contributed by atoms with Gasteiger partial charge in [-0.25, -0.2) is 9.59 Å². The Kier molecular flexibility index (Phi) is 14.2. The molecule has 2 heterocycles. The third kappa shape index (κ3) is 10.9. The van der Waals surface area contributed by atoms with Gasteiger partial charge in [-0.2, -0.15) is 0 Å². The zero-order valence-corrected chi connectivity index (χ0v) is 41.1. The maximum absolute atomic E-state index is 12.5. The molecule has 75 heavy (non-hydrogen) atoms. The smallest absolute Gasteiger partial charge is 0.330 e. The van der Waals surface area contributed by atoms with Gasteiger partial charge in [-0.1, -0.05) is 110 Å². The third-order valence-electron chi connectivity index (χ3n) is 13.4. The second kappa shape index (κ2) is 21.9. The number of rotatable bonds is 24. The van der Waals surface area contributed by atoms with Crippen molar-refractivity contribution in [1.82, 2.24) is 0 Å². The van der Waals surface area contributed by atoms with E-state index in [9.17, 15) is 9.59 Å². The molecule has 4 atom stereocenters. The van der Waals surface area contributed by atoms with E-state index in [1.165, 1.54) is 0 Å². The molecule has 1 aliphatic carbocycles. The van der Waals surface area contributed by atoms with Gasteiger partial charge >= 0.3 is 11.9 Å². The van der Waals surface area contributed by atoms with Gasteiger partial charge in [0.15, 0.2) is 12.2 Å². The van der Waals surface area contributed by atoms with Crippen LogP contribution in [-0.4, -0.2) is 89.2 Å². The van der Waals surface area contributed by atoms with Gasteiger partial charge in [0.05, 0.1) is 18.6 Å². The molecule has 11 rings (SSSR count). The highest BCUT2D eigenvalue weighted by Crippen LogP contribution is 2.56. The standard InChI is InChI=1S/C63H54O12/c1-3-61(64)74-51(39-69-48-28-30-53-42(32-48)11-9-17-59(53)72-36-50-35-71-50)37-66-45-23-19-43(20-24-45)63(57-15-7-5-13-55(57)56-14-6-8-16-58(56)63)44-21-25-46(26-22-44)67-38-52(75-62(65)4-2)40-73-60-18-10-12-41-31-47(27-29-54(41)60)68-33-49-34-70-49/h3-32,49-52H,1-2,33-40H2. The normalized spacial score (nSPS) is 16.3. The van der Waals surface area contributed by atoms with E-state index in [0.29, 0.717) is 36.2 Å². The average Bonchev–Trinajstić information content (AvgIpc) is 4.44. The number of hydrogen-bond donors (Lipinski definition) is 0. The van der Waals surface area contributed by atoms with E-state index >= 15 is 0 Å². The summed E-state index contributed by atoms with van der Waals surface area (Å²) in [6.45, 7) is 9.79. The van der Waals surface area contributed by atoms with Crippen molar-refractivity contribution in [2.24, 2.45) is 0 Å². The summed E-state index contributed by atoms with van der Waals surface area (Å²) in [5, 5.41) is 3.75. The van der Waals surface area contributed by atoms with Crippen LogP contribution >= 0.6 is 0 Å². The molecule has 12 heteroatoms. The summed E-state index contributed by atoms with van der Waals surface area (Å²) in [6.07, 6.45) is 1.05. The Morgan fingerprint density at radius 3 is 1.37 bits per heavy atom. The van der Waals surface area contributed by atoms with Crippen LogP contribution in [0.3, 0.4) is 0 Å². The highest BCUT2D eigenvalue weighted by molar-refractivity contribution is 5.91. The van der Waals surface area contributed by atoms with Crippen LogP contribution in [0.2, 0.25) is 0 Å². The maximum atomic E-state index is 12.5. The van der Waals surface area contributed by atoms with Gasteiger partial charge < -0.3 is 47.4 Å². The molecule has 8 aromatic carbocycles. The summed E-state index contributed by atoms with van der Waals surface area (Å²) in [7, 11) is 0. The summed E-state index contributed by atoms with van der Waals surface area (Å²) < 4.78 is 59.0. The van der Waals surface area contributed by atoms with Crippen LogP contribution in [0.4, 0.5) is 0 Å². The molecule has 378 valence electrons. The molecule has 2 saturated heterocycles. The Balaban J connectivity index is 0.797. The first kappa shape index (κ1) is 48.7. The van der Waals surface area contributed by atoms with Crippen LogP contribution in [0.25, 0.3) is 32.7 Å². The molecule has 0 N–H and O–H groups in total. The average molecular weight is 1000 g/mol. The summed E-state index contributed by atoms with van der Waals surface area (Å²) in [6, 6.07) is 56.3. The van der Waals surface area contributed by atoms with E-state index in [-0.39, 0.29) is 38.6 Å². The molecule has 0 saturated carbocycles. The molecule has 4 unspecified atom stereocenters. The van der Waals surface area contributed by atoms with E-state index in [0.717, 1.165) is 91.8 Å². The molecule has 8 aromatic rings. The van der Waals surface area contributed by atoms with Crippen LogP contribution in [0.15, 0.2) is 195 Å². The Hall–Kier alpha value is -8.58. The number of fused-ring (bicyclic) bond motifs is 5. The number of esters is 2. The predicted octanol–water partition coefficient (Wildman–Crippen LogP) is 11.0. The first-order valence-electron chi connectivity index (χ1n) is 25.0. The lowest BCUT2D eigenvalue weighted by atomic mass is 9.68. The van der Waals surface area contributed by atoms with Crippen molar-refractivity contribution >= 4 is 33.5 Å². The number of benzene rings is 8. The minimum atomic E-state index is -0.754. The Morgan fingerprint density at radius 1 is 0.480 bits per heavy atom. The number of carbonyl (C=O) groups is 2. The van der Waals surface area contributed by atoms with Crippen molar-refractivity contribution in [3.63, 3.8) is 0 Å². The molecular formula is C63H54O12. The lowest BCUT2D eigenvalue weighted by Crippen LogP contribution is -2.31. The summed E-state index contributed by atoms with van der Waals surface area (Å²) in [5.41, 5.74) is 5.86. The predicted molar refractivity (Wildman–Crippen MR) is 284 cm³/mol. The maximum Gasteiger partial charge on any atom is 0.330 e. The molecule has 2 fully saturated rings. The minimum Gasteiger partial charge on any atom is -0.491 e. The van der Waals surface area contributed by atoms with Crippen molar-refractivity contribution < 1.29 is 57.0 Å². The first-order chi connectivity index (χ1) is 36.8. The van der Waals surface area contributed by atoms with Crippen molar-refractivity contribution in [3.8, 4) is 45.6 Å². The first-order valence-corrected chi connectivity index (χ1v) is 25.0. The van der Waals surface area contributed by atoms with Gasteiger partial charge in [0.1, 0.15) is 86.3 Å². The lowest BCUT2D eigenvalue weighted by Gasteiger charge is -2.34. The van der Waals surface area contributed by atoms with Crippen LogP contribution in [0.5, 0.6) is 34.5 Å². The van der Waals surface area contributed by atoms with Gasteiger partial charge in [-0.05, 0) is 117 Å². The molecule has 0 radical (unpaired) electrons. The van der Waals surface area contributed by atoms with Crippen molar-refractivity contribution in [2.75, 3.05) is 52.9 Å². The summed E-state index contributed by atoms with van der Waals surface area (Å²) >= 11 is 0. The molecular weight excluding hydrogens is 949 g/mol.